The molecule has 0 saturated carbocycles. The van der Waals surface area contributed by atoms with Crippen molar-refractivity contribution in [1.29, 1.82) is 0 Å². The second-order valence-electron chi connectivity index (χ2n) is 8.70. The maximum absolute atomic E-state index is 13.3. The lowest BCUT2D eigenvalue weighted by molar-refractivity contribution is -0.143. The first-order valence-electron chi connectivity index (χ1n) is 11.3. The number of carbonyl (C=O) groups is 1. The molecule has 1 unspecified atom stereocenters. The van der Waals surface area contributed by atoms with E-state index < -0.39 is 41.1 Å². The number of esters is 1. The highest BCUT2D eigenvalue weighted by Crippen LogP contribution is 2.40. The molecule has 10 heteroatoms. The zero-order valence-electron chi connectivity index (χ0n) is 20.0. The highest BCUT2D eigenvalue weighted by molar-refractivity contribution is 5.89. The molecule has 1 aliphatic rings. The molecule has 2 aromatic carbocycles. The van der Waals surface area contributed by atoms with Crippen LogP contribution in [0.1, 0.15) is 48.6 Å². The monoisotopic (exact) mass is 515 g/mol. The summed E-state index contributed by atoms with van der Waals surface area (Å²) >= 11 is 0. The standard InChI is InChI=1S/C26H27F6NO3/c1-4-35-23(34)18-10-11-24(33(3)15-18,20-8-6-5-7-9-20)16-36-17(2)19-12-21(25(27,28)29)14-22(13-19)26(30,31)32/h5-10,12-14,17H,4,11,15-16H2,1-3H3/t17?,24-/m1/s1. The Morgan fingerprint density at radius 1 is 1.03 bits per heavy atom. The summed E-state index contributed by atoms with van der Waals surface area (Å²) in [6.45, 7) is 3.52. The SMILES string of the molecule is CCOC(=O)C1=CC[C@@](COC(C)c2cc(C(F)(F)F)cc(C(F)(F)F)c2)(c2ccccc2)N(C)C1. The van der Waals surface area contributed by atoms with E-state index in [1.807, 2.05) is 35.2 Å². The van der Waals surface area contributed by atoms with Crippen LogP contribution in [0.25, 0.3) is 0 Å². The van der Waals surface area contributed by atoms with E-state index in [0.717, 1.165) is 5.56 Å². The van der Waals surface area contributed by atoms with Gasteiger partial charge in [0, 0.05) is 12.1 Å². The Morgan fingerprint density at radius 3 is 2.11 bits per heavy atom. The molecule has 0 fully saturated rings. The number of rotatable bonds is 7. The quantitative estimate of drug-likeness (QED) is 0.311. The van der Waals surface area contributed by atoms with Crippen molar-refractivity contribution in [2.75, 3.05) is 26.8 Å². The van der Waals surface area contributed by atoms with Crippen LogP contribution in [0.2, 0.25) is 0 Å². The molecule has 0 saturated heterocycles. The summed E-state index contributed by atoms with van der Waals surface area (Å²) < 4.78 is 90.9. The number of hydrogen-bond donors (Lipinski definition) is 0. The van der Waals surface area contributed by atoms with Gasteiger partial charge in [-0.1, -0.05) is 36.4 Å². The second-order valence-corrected chi connectivity index (χ2v) is 8.70. The van der Waals surface area contributed by atoms with E-state index in [-0.39, 0.29) is 31.4 Å². The van der Waals surface area contributed by atoms with E-state index in [9.17, 15) is 31.1 Å². The first kappa shape index (κ1) is 27.7. The molecule has 2 atom stereocenters. The summed E-state index contributed by atoms with van der Waals surface area (Å²) in [5.41, 5.74) is -2.53. The van der Waals surface area contributed by atoms with Gasteiger partial charge in [-0.2, -0.15) is 26.3 Å². The van der Waals surface area contributed by atoms with E-state index in [4.69, 9.17) is 9.47 Å². The molecular formula is C26H27F6NO3. The van der Waals surface area contributed by atoms with E-state index in [0.29, 0.717) is 24.1 Å². The van der Waals surface area contributed by atoms with E-state index in [1.54, 1.807) is 20.0 Å². The molecule has 1 heterocycles. The van der Waals surface area contributed by atoms with Gasteiger partial charge in [-0.25, -0.2) is 4.79 Å². The minimum absolute atomic E-state index is 0.0428. The zero-order valence-corrected chi connectivity index (χ0v) is 20.0. The van der Waals surface area contributed by atoms with Gasteiger partial charge in [-0.05, 0) is 56.6 Å². The van der Waals surface area contributed by atoms with Crippen LogP contribution in [0.5, 0.6) is 0 Å². The Kier molecular flexibility index (Phi) is 8.20. The third-order valence-electron chi connectivity index (χ3n) is 6.32. The minimum atomic E-state index is -4.95. The number of alkyl halides is 6. The van der Waals surface area contributed by atoms with E-state index >= 15 is 0 Å². The maximum atomic E-state index is 13.3. The minimum Gasteiger partial charge on any atom is -0.463 e. The Labute approximate surface area is 205 Å². The topological polar surface area (TPSA) is 38.8 Å². The van der Waals surface area contributed by atoms with Gasteiger partial charge in [-0.3, -0.25) is 4.90 Å². The van der Waals surface area contributed by atoms with Crippen LogP contribution in [0.3, 0.4) is 0 Å². The molecule has 0 radical (unpaired) electrons. The molecule has 0 amide bonds. The molecule has 2 aromatic rings. The van der Waals surface area contributed by atoms with E-state index in [1.165, 1.54) is 6.92 Å². The van der Waals surface area contributed by atoms with E-state index in [2.05, 4.69) is 0 Å². The number of halogens is 6. The molecule has 196 valence electrons. The van der Waals surface area contributed by atoms with Crippen molar-refractivity contribution in [2.24, 2.45) is 0 Å². The summed E-state index contributed by atoms with van der Waals surface area (Å²) in [6, 6.07) is 10.6. The fraction of sp³-hybridized carbons (Fsp3) is 0.423. The van der Waals surface area contributed by atoms with Gasteiger partial charge >= 0.3 is 18.3 Å². The lowest BCUT2D eigenvalue weighted by atomic mass is 9.82. The summed E-state index contributed by atoms with van der Waals surface area (Å²) in [5, 5.41) is 0. The predicted octanol–water partition coefficient (Wildman–Crippen LogP) is 6.52. The summed E-state index contributed by atoms with van der Waals surface area (Å²) in [6.07, 6.45) is -8.90. The fourth-order valence-corrected chi connectivity index (χ4v) is 4.20. The molecule has 36 heavy (non-hydrogen) atoms. The van der Waals surface area contributed by atoms with Gasteiger partial charge in [-0.15, -0.1) is 0 Å². The van der Waals surface area contributed by atoms with Gasteiger partial charge in [0.15, 0.2) is 0 Å². The Hall–Kier alpha value is -2.85. The third kappa shape index (κ3) is 6.10. The molecule has 3 rings (SSSR count). The molecule has 0 spiro atoms. The average molecular weight is 515 g/mol. The largest absolute Gasteiger partial charge is 0.463 e. The van der Waals surface area contributed by atoms with Crippen LogP contribution >= 0.6 is 0 Å². The Morgan fingerprint density at radius 2 is 1.61 bits per heavy atom. The maximum Gasteiger partial charge on any atom is 0.416 e. The van der Waals surface area contributed by atoms with Crippen LogP contribution in [0.4, 0.5) is 26.3 Å². The molecule has 0 N–H and O–H groups in total. The van der Waals surface area contributed by atoms with Gasteiger partial charge in [0.2, 0.25) is 0 Å². The summed E-state index contributed by atoms with van der Waals surface area (Å²) in [7, 11) is 1.78. The number of benzene rings is 2. The van der Waals surface area contributed by atoms with Gasteiger partial charge in [0.25, 0.3) is 0 Å². The predicted molar refractivity (Wildman–Crippen MR) is 121 cm³/mol. The molecular weight excluding hydrogens is 488 g/mol. The first-order valence-corrected chi connectivity index (χ1v) is 11.3. The lowest BCUT2D eigenvalue weighted by Crippen LogP contribution is -2.51. The summed E-state index contributed by atoms with van der Waals surface area (Å²) in [4.78, 5) is 14.1. The number of carbonyl (C=O) groups excluding carboxylic acids is 1. The van der Waals surface area contributed by atoms with Gasteiger partial charge in [0.1, 0.15) is 0 Å². The van der Waals surface area contributed by atoms with Crippen LogP contribution in [0, 0.1) is 0 Å². The number of nitrogens with zero attached hydrogens (tertiary/aromatic N) is 1. The smallest absolute Gasteiger partial charge is 0.416 e. The molecule has 0 bridgehead atoms. The van der Waals surface area contributed by atoms with Crippen LogP contribution in [-0.4, -0.2) is 37.7 Å². The number of likely N-dealkylation sites (N-methyl/N-ethyl adjacent to an activating group) is 1. The van der Waals surface area contributed by atoms with Crippen LogP contribution in [0.15, 0.2) is 60.2 Å². The lowest BCUT2D eigenvalue weighted by Gasteiger charge is -2.45. The molecule has 1 aliphatic heterocycles. The Bertz CT molecular complexity index is 1060. The molecule has 0 aliphatic carbocycles. The van der Waals surface area contributed by atoms with Crippen molar-refractivity contribution < 1.29 is 40.6 Å². The van der Waals surface area contributed by atoms with Crippen LogP contribution < -0.4 is 0 Å². The normalized spacial score (nSPS) is 20.1. The van der Waals surface area contributed by atoms with Crippen molar-refractivity contribution in [2.45, 2.75) is 44.3 Å². The first-order chi connectivity index (χ1) is 16.8. The van der Waals surface area contributed by atoms with Crippen molar-refractivity contribution >= 4 is 5.97 Å². The summed E-state index contributed by atoms with van der Waals surface area (Å²) in [5.74, 6) is -0.441. The third-order valence-corrected chi connectivity index (χ3v) is 6.32. The van der Waals surface area contributed by atoms with Gasteiger partial charge in [0.05, 0.1) is 36.0 Å². The van der Waals surface area contributed by atoms with Gasteiger partial charge < -0.3 is 9.47 Å². The van der Waals surface area contributed by atoms with Crippen molar-refractivity contribution in [3.63, 3.8) is 0 Å². The average Bonchev–Trinajstić information content (AvgIpc) is 2.82. The second kappa shape index (κ2) is 10.6. The number of ether oxygens (including phenoxy) is 2. The molecule has 4 nitrogen and oxygen atoms in total. The number of hydrogen-bond acceptors (Lipinski definition) is 4. The van der Waals surface area contributed by atoms with Crippen molar-refractivity contribution in [3.05, 3.63) is 82.4 Å². The molecule has 0 aromatic heterocycles. The Balaban J connectivity index is 1.93. The van der Waals surface area contributed by atoms with Crippen LogP contribution in [-0.2, 0) is 32.2 Å². The van der Waals surface area contributed by atoms with Crippen molar-refractivity contribution in [1.82, 2.24) is 4.90 Å². The zero-order chi connectivity index (χ0) is 26.7. The fourth-order valence-electron chi connectivity index (χ4n) is 4.20. The highest BCUT2D eigenvalue weighted by atomic mass is 19.4. The van der Waals surface area contributed by atoms with Crippen molar-refractivity contribution in [3.8, 4) is 0 Å². The highest BCUT2D eigenvalue weighted by Gasteiger charge is 2.41.